The minimum Gasteiger partial charge on any atom is -0.363 e. The lowest BCUT2D eigenvalue weighted by atomic mass is 10.1. The van der Waals surface area contributed by atoms with Gasteiger partial charge in [0.1, 0.15) is 6.10 Å². The van der Waals surface area contributed by atoms with Crippen LogP contribution in [0, 0.1) is 0 Å². The minimum atomic E-state index is -0.566. The number of ether oxygens (including phenoxy) is 1. The van der Waals surface area contributed by atoms with E-state index in [1.807, 2.05) is 26.0 Å². The number of hydrogen-bond acceptors (Lipinski definition) is 2. The maximum absolute atomic E-state index is 10.8. The van der Waals surface area contributed by atoms with Crippen LogP contribution >= 0.6 is 11.6 Å². The van der Waals surface area contributed by atoms with Crippen LogP contribution in [0.1, 0.15) is 25.5 Å². The van der Waals surface area contributed by atoms with E-state index in [0.717, 1.165) is 11.8 Å². The summed E-state index contributed by atoms with van der Waals surface area (Å²) in [6.07, 6.45) is 0.200. The Labute approximate surface area is 88.8 Å². The van der Waals surface area contributed by atoms with Gasteiger partial charge in [0.25, 0.3) is 0 Å². The molecule has 0 N–H and O–H groups in total. The second-order valence-electron chi connectivity index (χ2n) is 3.26. The molecule has 76 valence electrons. The van der Waals surface area contributed by atoms with E-state index in [0.29, 0.717) is 5.02 Å². The molecule has 0 bridgehead atoms. The Hall–Kier alpha value is -0.860. The summed E-state index contributed by atoms with van der Waals surface area (Å²) < 4.78 is 5.41. The first-order valence-electron chi connectivity index (χ1n) is 4.50. The van der Waals surface area contributed by atoms with Crippen LogP contribution in [0.5, 0.6) is 0 Å². The Bertz CT molecular complexity index is 310. The van der Waals surface area contributed by atoms with Crippen molar-refractivity contribution < 1.29 is 9.53 Å². The molecule has 0 radical (unpaired) electrons. The van der Waals surface area contributed by atoms with E-state index in [2.05, 4.69) is 0 Å². The van der Waals surface area contributed by atoms with Gasteiger partial charge in [-0.1, -0.05) is 29.8 Å². The van der Waals surface area contributed by atoms with Crippen molar-refractivity contribution in [2.24, 2.45) is 0 Å². The zero-order valence-corrected chi connectivity index (χ0v) is 8.99. The first-order chi connectivity index (χ1) is 6.65. The molecule has 0 heterocycles. The molecule has 0 spiro atoms. The average molecular weight is 213 g/mol. The van der Waals surface area contributed by atoms with Crippen LogP contribution in [0.15, 0.2) is 24.3 Å². The molecule has 1 rings (SSSR count). The third-order valence-corrected chi connectivity index (χ3v) is 2.10. The molecule has 0 amide bonds. The summed E-state index contributed by atoms with van der Waals surface area (Å²) in [5, 5.41) is 0.560. The van der Waals surface area contributed by atoms with Crippen LogP contribution < -0.4 is 0 Å². The summed E-state index contributed by atoms with van der Waals surface area (Å²) in [5.74, 6) is 0. The lowest BCUT2D eigenvalue weighted by Crippen LogP contribution is -2.12. The van der Waals surface area contributed by atoms with E-state index < -0.39 is 6.10 Å². The number of benzene rings is 1. The highest BCUT2D eigenvalue weighted by atomic mass is 35.5. The summed E-state index contributed by atoms with van der Waals surface area (Å²) in [5.41, 5.74) is 0.720. The van der Waals surface area contributed by atoms with Crippen molar-refractivity contribution in [3.8, 4) is 0 Å². The number of aldehydes is 1. The molecule has 0 fully saturated rings. The molecule has 0 saturated heterocycles. The SMILES string of the molecule is CC(C)O[C@H](C=O)c1ccccc1Cl. The summed E-state index contributed by atoms with van der Waals surface area (Å²) >= 11 is 5.94. The van der Waals surface area contributed by atoms with Gasteiger partial charge in [0.05, 0.1) is 6.10 Å². The van der Waals surface area contributed by atoms with Crippen molar-refractivity contribution in [1.82, 2.24) is 0 Å². The van der Waals surface area contributed by atoms with Crippen LogP contribution in [-0.4, -0.2) is 12.4 Å². The third-order valence-electron chi connectivity index (χ3n) is 1.75. The highest BCUT2D eigenvalue weighted by molar-refractivity contribution is 6.31. The summed E-state index contributed by atoms with van der Waals surface area (Å²) in [6.45, 7) is 3.76. The molecule has 3 heteroatoms. The molecule has 1 aromatic rings. The Kier molecular flexibility index (Phi) is 4.11. The number of carbonyl (C=O) groups excluding carboxylic acids is 1. The van der Waals surface area contributed by atoms with E-state index in [-0.39, 0.29) is 6.10 Å². The van der Waals surface area contributed by atoms with Crippen molar-refractivity contribution in [3.63, 3.8) is 0 Å². The highest BCUT2D eigenvalue weighted by Crippen LogP contribution is 2.24. The zero-order chi connectivity index (χ0) is 10.6. The molecular formula is C11H13ClO2. The van der Waals surface area contributed by atoms with E-state index >= 15 is 0 Å². The molecule has 14 heavy (non-hydrogen) atoms. The number of hydrogen-bond donors (Lipinski definition) is 0. The van der Waals surface area contributed by atoms with Crippen molar-refractivity contribution >= 4 is 17.9 Å². The topological polar surface area (TPSA) is 26.3 Å². The van der Waals surface area contributed by atoms with Gasteiger partial charge >= 0.3 is 0 Å². The number of rotatable bonds is 4. The van der Waals surface area contributed by atoms with Gasteiger partial charge in [0, 0.05) is 10.6 Å². The maximum atomic E-state index is 10.8. The Morgan fingerprint density at radius 2 is 2.00 bits per heavy atom. The van der Waals surface area contributed by atoms with Gasteiger partial charge in [-0.15, -0.1) is 0 Å². The second-order valence-corrected chi connectivity index (χ2v) is 3.67. The fourth-order valence-corrected chi connectivity index (χ4v) is 1.42. The normalized spacial score (nSPS) is 12.9. The molecule has 2 nitrogen and oxygen atoms in total. The molecule has 0 aliphatic rings. The third kappa shape index (κ3) is 2.82. The molecular weight excluding hydrogens is 200 g/mol. The van der Waals surface area contributed by atoms with Crippen LogP contribution in [-0.2, 0) is 9.53 Å². The number of halogens is 1. The van der Waals surface area contributed by atoms with E-state index in [1.165, 1.54) is 0 Å². The Balaban J connectivity index is 2.89. The van der Waals surface area contributed by atoms with Gasteiger partial charge in [-0.25, -0.2) is 0 Å². The van der Waals surface area contributed by atoms with Gasteiger partial charge in [-0.3, -0.25) is 0 Å². The summed E-state index contributed by atoms with van der Waals surface area (Å²) in [7, 11) is 0. The van der Waals surface area contributed by atoms with Gasteiger partial charge in [0.2, 0.25) is 0 Å². The van der Waals surface area contributed by atoms with Crippen LogP contribution in [0.25, 0.3) is 0 Å². The standard InChI is InChI=1S/C11H13ClO2/c1-8(2)14-11(7-13)9-5-3-4-6-10(9)12/h3-8,11H,1-2H3/t11-/m1/s1. The minimum absolute atomic E-state index is 0.00136. The molecule has 0 aromatic heterocycles. The molecule has 0 unspecified atom stereocenters. The maximum Gasteiger partial charge on any atom is 0.153 e. The van der Waals surface area contributed by atoms with E-state index in [9.17, 15) is 4.79 Å². The lowest BCUT2D eigenvalue weighted by molar-refractivity contribution is -0.121. The molecule has 0 aliphatic carbocycles. The summed E-state index contributed by atoms with van der Waals surface area (Å²) in [6, 6.07) is 7.20. The van der Waals surface area contributed by atoms with Crippen molar-refractivity contribution in [1.29, 1.82) is 0 Å². The van der Waals surface area contributed by atoms with Gasteiger partial charge in [0.15, 0.2) is 6.29 Å². The van der Waals surface area contributed by atoms with Gasteiger partial charge in [-0.2, -0.15) is 0 Å². The van der Waals surface area contributed by atoms with E-state index in [4.69, 9.17) is 16.3 Å². The molecule has 1 atom stereocenters. The predicted octanol–water partition coefficient (Wildman–Crippen LogP) is 3.01. The predicted molar refractivity (Wildman–Crippen MR) is 56.5 cm³/mol. The first kappa shape index (κ1) is 11.2. The van der Waals surface area contributed by atoms with Crippen molar-refractivity contribution in [3.05, 3.63) is 34.9 Å². The van der Waals surface area contributed by atoms with Gasteiger partial charge < -0.3 is 9.53 Å². The fraction of sp³-hybridized carbons (Fsp3) is 0.364. The van der Waals surface area contributed by atoms with Gasteiger partial charge in [-0.05, 0) is 19.9 Å². The van der Waals surface area contributed by atoms with Crippen molar-refractivity contribution in [2.45, 2.75) is 26.1 Å². The zero-order valence-electron chi connectivity index (χ0n) is 8.24. The number of carbonyl (C=O) groups is 1. The first-order valence-corrected chi connectivity index (χ1v) is 4.88. The fourth-order valence-electron chi connectivity index (χ4n) is 1.18. The lowest BCUT2D eigenvalue weighted by Gasteiger charge is -2.16. The highest BCUT2D eigenvalue weighted by Gasteiger charge is 2.14. The molecule has 0 saturated carbocycles. The van der Waals surface area contributed by atoms with Crippen LogP contribution in [0.3, 0.4) is 0 Å². The van der Waals surface area contributed by atoms with Crippen LogP contribution in [0.2, 0.25) is 5.02 Å². The van der Waals surface area contributed by atoms with Crippen molar-refractivity contribution in [2.75, 3.05) is 0 Å². The Morgan fingerprint density at radius 3 is 2.50 bits per heavy atom. The second kappa shape index (κ2) is 5.13. The molecule has 1 aromatic carbocycles. The average Bonchev–Trinajstić information content (AvgIpc) is 2.15. The Morgan fingerprint density at radius 1 is 1.36 bits per heavy atom. The van der Waals surface area contributed by atoms with E-state index in [1.54, 1.807) is 12.1 Å². The quantitative estimate of drug-likeness (QED) is 0.718. The monoisotopic (exact) mass is 212 g/mol. The smallest absolute Gasteiger partial charge is 0.153 e. The molecule has 0 aliphatic heterocycles. The largest absolute Gasteiger partial charge is 0.363 e. The summed E-state index contributed by atoms with van der Waals surface area (Å²) in [4.78, 5) is 10.8. The van der Waals surface area contributed by atoms with Crippen LogP contribution in [0.4, 0.5) is 0 Å².